The van der Waals surface area contributed by atoms with Gasteiger partial charge < -0.3 is 9.30 Å². The van der Waals surface area contributed by atoms with Crippen LogP contribution in [0.5, 0.6) is 11.8 Å². The maximum Gasteiger partial charge on any atom is 0.461 e. The molecular weight excluding hydrogens is 394 g/mol. The Kier molecular flexibility index (Phi) is 3.31. The number of nitrogens with one attached hydrogen (secondary N) is 1. The fourth-order valence-corrected chi connectivity index (χ4v) is 5.35. The number of imidazole rings is 1. The third-order valence-corrected chi connectivity index (χ3v) is 6.82. The van der Waals surface area contributed by atoms with Gasteiger partial charge in [-0.05, 0) is 50.2 Å². The van der Waals surface area contributed by atoms with Crippen molar-refractivity contribution in [3.05, 3.63) is 96.6 Å². The molecule has 1 aliphatic heterocycles. The largest absolute Gasteiger partial charge is 0.461 e. The van der Waals surface area contributed by atoms with Crippen LogP contribution in [0, 0.1) is 0 Å². The molecule has 1 N–H and O–H groups in total. The minimum Gasteiger partial charge on any atom is -0.391 e. The predicted molar refractivity (Wildman–Crippen MR) is 128 cm³/mol. The summed E-state index contributed by atoms with van der Waals surface area (Å²) < 4.78 is 11.0. The Labute approximate surface area is 185 Å². The number of benzene rings is 4. The number of hydrogen-bond acceptors (Lipinski definition) is 1. The lowest BCUT2D eigenvalue weighted by molar-refractivity contribution is -0.730. The lowest BCUT2D eigenvalue weighted by Gasteiger charge is -2.29. The van der Waals surface area contributed by atoms with Gasteiger partial charge in [0.1, 0.15) is 11.3 Å². The first-order valence-electron chi connectivity index (χ1n) is 11.0. The van der Waals surface area contributed by atoms with E-state index in [9.17, 15) is 0 Å². The van der Waals surface area contributed by atoms with Gasteiger partial charge in [-0.25, -0.2) is 4.98 Å². The molecule has 3 heterocycles. The van der Waals surface area contributed by atoms with Crippen LogP contribution in [-0.4, -0.2) is 9.55 Å². The van der Waals surface area contributed by atoms with Crippen molar-refractivity contribution >= 4 is 32.8 Å². The average molecular weight is 417 g/mol. The van der Waals surface area contributed by atoms with Gasteiger partial charge in [0.15, 0.2) is 11.0 Å². The Bertz CT molecular complexity index is 1630. The molecule has 32 heavy (non-hydrogen) atoms. The van der Waals surface area contributed by atoms with Crippen LogP contribution in [-0.2, 0) is 5.54 Å². The highest BCUT2D eigenvalue weighted by molar-refractivity contribution is 6.09. The van der Waals surface area contributed by atoms with Gasteiger partial charge in [-0.15, -0.1) is 0 Å². The number of H-pyrrole nitrogens is 1. The lowest BCUT2D eigenvalue weighted by Crippen LogP contribution is -2.55. The molecule has 0 radical (unpaired) electrons. The number of hydrogen-bond donors (Lipinski definition) is 1. The second kappa shape index (κ2) is 6.01. The quantitative estimate of drug-likeness (QED) is 0.307. The van der Waals surface area contributed by atoms with Gasteiger partial charge in [0.05, 0.1) is 11.0 Å². The van der Waals surface area contributed by atoms with E-state index in [1.807, 2.05) is 6.07 Å². The Balaban J connectivity index is 1.48. The van der Waals surface area contributed by atoms with E-state index in [1.165, 1.54) is 27.4 Å². The van der Waals surface area contributed by atoms with E-state index in [-0.39, 0.29) is 5.54 Å². The van der Waals surface area contributed by atoms with Crippen LogP contribution in [0.1, 0.15) is 19.4 Å². The molecule has 154 valence electrons. The number of rotatable bonds is 1. The summed E-state index contributed by atoms with van der Waals surface area (Å²) in [6.45, 7) is 4.50. The molecule has 0 fully saturated rings. The molecule has 4 heteroatoms. The third-order valence-electron chi connectivity index (χ3n) is 6.82. The van der Waals surface area contributed by atoms with Gasteiger partial charge in [0.2, 0.25) is 0 Å². The molecule has 4 nitrogen and oxygen atoms in total. The summed E-state index contributed by atoms with van der Waals surface area (Å²) in [5.41, 5.74) is 6.64. The van der Waals surface area contributed by atoms with Crippen LogP contribution in [0.25, 0.3) is 38.5 Å². The Hall–Kier alpha value is -4.05. The summed E-state index contributed by atoms with van der Waals surface area (Å²) in [5.74, 6) is 0.890. The fraction of sp³-hybridized carbons (Fsp3) is 0.107. The van der Waals surface area contributed by atoms with Crippen molar-refractivity contribution in [3.8, 4) is 17.4 Å². The van der Waals surface area contributed by atoms with E-state index in [4.69, 9.17) is 4.74 Å². The second-order valence-corrected chi connectivity index (χ2v) is 8.99. The molecule has 0 bridgehead atoms. The van der Waals surface area contributed by atoms with Crippen molar-refractivity contribution in [3.63, 3.8) is 0 Å². The van der Waals surface area contributed by atoms with E-state index in [0.29, 0.717) is 0 Å². The standard InChI is InChI=1S/C28H21N3O/c1-28(2)21-16-15-18(17-26(21)32-27-29-22-11-5-8-14-25(22)31(27)28)30-23-12-6-3-9-19(23)20-10-4-7-13-24(20)30/h3-17H,1-2H3/p+1. The van der Waals surface area contributed by atoms with Crippen LogP contribution in [0.3, 0.4) is 0 Å². The number of aromatic nitrogens is 3. The second-order valence-electron chi connectivity index (χ2n) is 8.99. The molecule has 6 aromatic rings. The normalized spacial score (nSPS) is 14.4. The van der Waals surface area contributed by atoms with Crippen molar-refractivity contribution < 1.29 is 9.30 Å². The summed E-state index contributed by atoms with van der Waals surface area (Å²) in [6.07, 6.45) is 0. The highest BCUT2D eigenvalue weighted by Gasteiger charge is 2.42. The molecule has 4 aromatic carbocycles. The zero-order valence-corrected chi connectivity index (χ0v) is 18.0. The highest BCUT2D eigenvalue weighted by atomic mass is 16.5. The highest BCUT2D eigenvalue weighted by Crippen LogP contribution is 2.41. The summed E-state index contributed by atoms with van der Waals surface area (Å²) in [6, 6.07) is 32.9. The van der Waals surface area contributed by atoms with E-state index >= 15 is 0 Å². The zero-order valence-electron chi connectivity index (χ0n) is 18.0. The third kappa shape index (κ3) is 2.19. The van der Waals surface area contributed by atoms with Gasteiger partial charge >= 0.3 is 6.01 Å². The topological polar surface area (TPSA) is 33.8 Å². The van der Waals surface area contributed by atoms with E-state index < -0.39 is 0 Å². The molecule has 0 saturated heterocycles. The Morgan fingerprint density at radius 3 is 2.19 bits per heavy atom. The summed E-state index contributed by atoms with van der Waals surface area (Å²) in [5, 5.41) is 2.52. The van der Waals surface area contributed by atoms with E-state index in [0.717, 1.165) is 28.5 Å². The maximum atomic E-state index is 6.45. The van der Waals surface area contributed by atoms with E-state index in [2.05, 4.69) is 113 Å². The molecule has 0 unspecified atom stereocenters. The Morgan fingerprint density at radius 1 is 0.781 bits per heavy atom. The van der Waals surface area contributed by atoms with Crippen LogP contribution in [0.4, 0.5) is 0 Å². The van der Waals surface area contributed by atoms with Gasteiger partial charge in [-0.2, -0.15) is 4.57 Å². The minimum atomic E-state index is -0.248. The first-order chi connectivity index (χ1) is 15.6. The SMILES string of the molecule is CC1(C)c2ccc(-n3c4ccccc4c4ccccc43)cc2Oc2[nH]c3ccccc3[n+]21. The van der Waals surface area contributed by atoms with Gasteiger partial charge in [0, 0.05) is 28.1 Å². The minimum absolute atomic E-state index is 0.248. The van der Waals surface area contributed by atoms with Gasteiger partial charge in [0.25, 0.3) is 0 Å². The number of para-hydroxylation sites is 4. The van der Waals surface area contributed by atoms with Crippen LogP contribution >= 0.6 is 0 Å². The molecule has 2 aromatic heterocycles. The fourth-order valence-electron chi connectivity index (χ4n) is 5.35. The van der Waals surface area contributed by atoms with Crippen molar-refractivity contribution in [2.24, 2.45) is 0 Å². The number of aromatic amines is 1. The van der Waals surface area contributed by atoms with Crippen LogP contribution in [0.15, 0.2) is 91.0 Å². The molecule has 0 amide bonds. The van der Waals surface area contributed by atoms with Crippen LogP contribution in [0.2, 0.25) is 0 Å². The lowest BCUT2D eigenvalue weighted by atomic mass is 9.91. The summed E-state index contributed by atoms with van der Waals surface area (Å²) in [4.78, 5) is 3.46. The molecule has 1 aliphatic rings. The zero-order chi connectivity index (χ0) is 21.4. The number of ether oxygens (including phenoxy) is 1. The summed E-state index contributed by atoms with van der Waals surface area (Å²) >= 11 is 0. The monoisotopic (exact) mass is 416 g/mol. The number of nitrogens with zero attached hydrogens (tertiary/aromatic N) is 2. The van der Waals surface area contributed by atoms with Crippen molar-refractivity contribution in [2.75, 3.05) is 0 Å². The van der Waals surface area contributed by atoms with Crippen LogP contribution < -0.4 is 9.30 Å². The van der Waals surface area contributed by atoms with Gasteiger partial charge in [-0.1, -0.05) is 48.5 Å². The molecule has 0 atom stereocenters. The smallest absolute Gasteiger partial charge is 0.391 e. The molecule has 0 saturated carbocycles. The maximum absolute atomic E-state index is 6.45. The first-order valence-corrected chi connectivity index (χ1v) is 11.0. The van der Waals surface area contributed by atoms with Crippen molar-refractivity contribution in [2.45, 2.75) is 19.4 Å². The average Bonchev–Trinajstić information content (AvgIpc) is 3.35. The molecular formula is C28H22N3O+. The van der Waals surface area contributed by atoms with Gasteiger partial charge in [-0.3, -0.25) is 0 Å². The first kappa shape index (κ1) is 17.6. The number of fused-ring (bicyclic) bond motifs is 7. The molecule has 7 rings (SSSR count). The van der Waals surface area contributed by atoms with E-state index in [1.54, 1.807) is 0 Å². The van der Waals surface area contributed by atoms with Crippen molar-refractivity contribution in [1.29, 1.82) is 0 Å². The Morgan fingerprint density at radius 2 is 1.44 bits per heavy atom. The van der Waals surface area contributed by atoms with Crippen molar-refractivity contribution in [1.82, 2.24) is 9.55 Å². The molecule has 0 spiro atoms. The predicted octanol–water partition coefficient (Wildman–Crippen LogP) is 6.44. The summed E-state index contributed by atoms with van der Waals surface area (Å²) in [7, 11) is 0. The molecule has 0 aliphatic carbocycles.